The van der Waals surface area contributed by atoms with Gasteiger partial charge in [0, 0.05) is 13.2 Å². The van der Waals surface area contributed by atoms with E-state index in [1.807, 2.05) is 0 Å². The van der Waals surface area contributed by atoms with Crippen LogP contribution in [0.5, 0.6) is 0 Å². The van der Waals surface area contributed by atoms with Crippen molar-refractivity contribution in [2.24, 2.45) is 0 Å². The molecule has 1 aromatic carbocycles. The molecule has 0 N–H and O–H groups in total. The highest BCUT2D eigenvalue weighted by Crippen LogP contribution is 2.26. The van der Waals surface area contributed by atoms with Gasteiger partial charge < -0.3 is 9.64 Å². The first-order valence-corrected chi connectivity index (χ1v) is 5.98. The van der Waals surface area contributed by atoms with Crippen LogP contribution in [0, 0.1) is 5.82 Å². The molecule has 3 nitrogen and oxygen atoms in total. The van der Waals surface area contributed by atoms with Crippen molar-refractivity contribution in [3.05, 3.63) is 48.3 Å². The van der Waals surface area contributed by atoms with Crippen LogP contribution in [0.4, 0.5) is 4.39 Å². The molecule has 1 fully saturated rings. The first-order valence-electron chi connectivity index (χ1n) is 5.98. The fraction of sp³-hybridized carbons (Fsp3) is 0.357. The molecule has 0 aliphatic carbocycles. The average molecular weight is 249 g/mol. The number of benzene rings is 1. The second kappa shape index (κ2) is 5.78. The third kappa shape index (κ3) is 2.76. The van der Waals surface area contributed by atoms with Gasteiger partial charge in [-0.1, -0.05) is 18.7 Å². The minimum absolute atomic E-state index is 0.0707. The van der Waals surface area contributed by atoms with Crippen LogP contribution in [0.3, 0.4) is 0 Å². The predicted molar refractivity (Wildman–Crippen MR) is 66.5 cm³/mol. The summed E-state index contributed by atoms with van der Waals surface area (Å²) in [5.74, 6) is -0.389. The number of carbonyl (C=O) groups excluding carboxylic acids is 1. The summed E-state index contributed by atoms with van der Waals surface area (Å²) in [5.41, 5.74) is 0.928. The summed E-state index contributed by atoms with van der Waals surface area (Å²) in [6.45, 7) is 5.18. The van der Waals surface area contributed by atoms with E-state index in [9.17, 15) is 9.18 Å². The molecule has 0 aromatic heterocycles. The molecule has 1 unspecified atom stereocenters. The van der Waals surface area contributed by atoms with Crippen LogP contribution in [0.25, 0.3) is 0 Å². The lowest BCUT2D eigenvalue weighted by Gasteiger charge is -2.28. The SMILES string of the molecule is C=CC(=O)N1CCOCCC1c1ccc(F)cc1. The predicted octanol–water partition coefficient (Wildman–Crippen LogP) is 2.30. The van der Waals surface area contributed by atoms with Crippen molar-refractivity contribution in [1.82, 2.24) is 4.90 Å². The molecular formula is C14H16FNO2. The highest BCUT2D eigenvalue weighted by atomic mass is 19.1. The van der Waals surface area contributed by atoms with E-state index in [0.717, 1.165) is 5.56 Å². The van der Waals surface area contributed by atoms with Crippen LogP contribution >= 0.6 is 0 Å². The summed E-state index contributed by atoms with van der Waals surface area (Å²) < 4.78 is 18.3. The molecule has 0 radical (unpaired) electrons. The van der Waals surface area contributed by atoms with E-state index in [1.54, 1.807) is 17.0 Å². The molecule has 96 valence electrons. The van der Waals surface area contributed by atoms with Gasteiger partial charge in [-0.05, 0) is 30.2 Å². The number of rotatable bonds is 2. The number of halogens is 1. The van der Waals surface area contributed by atoms with Crippen molar-refractivity contribution in [3.8, 4) is 0 Å². The Morgan fingerprint density at radius 3 is 2.78 bits per heavy atom. The Bertz CT molecular complexity index is 430. The Hall–Kier alpha value is -1.68. The van der Waals surface area contributed by atoms with Crippen LogP contribution in [0.1, 0.15) is 18.0 Å². The maximum atomic E-state index is 12.9. The Morgan fingerprint density at radius 1 is 1.39 bits per heavy atom. The Labute approximate surface area is 106 Å². The molecule has 1 aliphatic heterocycles. The second-order valence-corrected chi connectivity index (χ2v) is 4.20. The maximum Gasteiger partial charge on any atom is 0.246 e. The second-order valence-electron chi connectivity index (χ2n) is 4.20. The summed E-state index contributed by atoms with van der Waals surface area (Å²) in [6.07, 6.45) is 2.02. The summed E-state index contributed by atoms with van der Waals surface area (Å²) >= 11 is 0. The van der Waals surface area contributed by atoms with Crippen LogP contribution in [0.2, 0.25) is 0 Å². The summed E-state index contributed by atoms with van der Waals surface area (Å²) in [4.78, 5) is 13.6. The van der Waals surface area contributed by atoms with E-state index in [4.69, 9.17) is 4.74 Å². The fourth-order valence-corrected chi connectivity index (χ4v) is 2.18. The zero-order chi connectivity index (χ0) is 13.0. The zero-order valence-electron chi connectivity index (χ0n) is 10.1. The lowest BCUT2D eigenvalue weighted by atomic mass is 10.0. The van der Waals surface area contributed by atoms with Crippen molar-refractivity contribution in [2.45, 2.75) is 12.5 Å². The zero-order valence-corrected chi connectivity index (χ0v) is 10.1. The van der Waals surface area contributed by atoms with Gasteiger partial charge in [-0.2, -0.15) is 0 Å². The fourth-order valence-electron chi connectivity index (χ4n) is 2.18. The third-order valence-electron chi connectivity index (χ3n) is 3.10. The molecule has 1 heterocycles. The summed E-state index contributed by atoms with van der Waals surface area (Å²) in [5, 5.41) is 0. The smallest absolute Gasteiger partial charge is 0.246 e. The Kier molecular flexibility index (Phi) is 4.10. The summed E-state index contributed by atoms with van der Waals surface area (Å²) in [7, 11) is 0. The molecule has 4 heteroatoms. The van der Waals surface area contributed by atoms with E-state index in [0.29, 0.717) is 26.2 Å². The molecule has 1 amide bonds. The molecule has 1 aromatic rings. The van der Waals surface area contributed by atoms with Gasteiger partial charge in [0.1, 0.15) is 5.82 Å². The van der Waals surface area contributed by atoms with Gasteiger partial charge in [0.2, 0.25) is 5.91 Å². The molecule has 18 heavy (non-hydrogen) atoms. The van der Waals surface area contributed by atoms with E-state index < -0.39 is 0 Å². The van der Waals surface area contributed by atoms with Crippen LogP contribution in [-0.4, -0.2) is 30.6 Å². The molecule has 1 aliphatic rings. The van der Waals surface area contributed by atoms with Gasteiger partial charge >= 0.3 is 0 Å². The van der Waals surface area contributed by atoms with E-state index >= 15 is 0 Å². The third-order valence-corrected chi connectivity index (χ3v) is 3.10. The minimum atomic E-state index is -0.273. The number of carbonyl (C=O) groups is 1. The van der Waals surface area contributed by atoms with Crippen LogP contribution in [0.15, 0.2) is 36.9 Å². The largest absolute Gasteiger partial charge is 0.380 e. The molecular weight excluding hydrogens is 233 g/mol. The minimum Gasteiger partial charge on any atom is -0.380 e. The van der Waals surface area contributed by atoms with Gasteiger partial charge in [-0.15, -0.1) is 0 Å². The standard InChI is InChI=1S/C14H16FNO2/c1-2-14(17)16-8-10-18-9-7-13(16)11-3-5-12(15)6-4-11/h2-6,13H,1,7-10H2. The van der Waals surface area contributed by atoms with Crippen LogP contribution in [-0.2, 0) is 9.53 Å². The van der Waals surface area contributed by atoms with Crippen molar-refractivity contribution in [3.63, 3.8) is 0 Å². The monoisotopic (exact) mass is 249 g/mol. The van der Waals surface area contributed by atoms with E-state index in [2.05, 4.69) is 6.58 Å². The molecule has 0 saturated carbocycles. The maximum absolute atomic E-state index is 12.9. The van der Waals surface area contributed by atoms with Gasteiger partial charge in [-0.25, -0.2) is 4.39 Å². The first-order chi connectivity index (χ1) is 8.72. The van der Waals surface area contributed by atoms with E-state index in [1.165, 1.54) is 18.2 Å². The number of amides is 1. The highest BCUT2D eigenvalue weighted by molar-refractivity contribution is 5.87. The normalized spacial score (nSPS) is 20.3. The van der Waals surface area contributed by atoms with Crippen LogP contribution < -0.4 is 0 Å². The highest BCUT2D eigenvalue weighted by Gasteiger charge is 2.25. The van der Waals surface area contributed by atoms with Crippen molar-refractivity contribution >= 4 is 5.91 Å². The van der Waals surface area contributed by atoms with Crippen molar-refractivity contribution in [2.75, 3.05) is 19.8 Å². The molecule has 0 bridgehead atoms. The number of hydrogen-bond acceptors (Lipinski definition) is 2. The average Bonchev–Trinajstić information content (AvgIpc) is 2.64. The molecule has 1 atom stereocenters. The number of ether oxygens (including phenoxy) is 1. The molecule has 2 rings (SSSR count). The first kappa shape index (κ1) is 12.8. The Morgan fingerprint density at radius 2 is 2.11 bits per heavy atom. The molecule has 1 saturated heterocycles. The van der Waals surface area contributed by atoms with Gasteiger partial charge in [0.25, 0.3) is 0 Å². The van der Waals surface area contributed by atoms with Gasteiger partial charge in [0.05, 0.1) is 12.6 Å². The molecule has 0 spiro atoms. The van der Waals surface area contributed by atoms with Gasteiger partial charge in [-0.3, -0.25) is 4.79 Å². The Balaban J connectivity index is 2.27. The lowest BCUT2D eigenvalue weighted by molar-refractivity contribution is -0.128. The number of hydrogen-bond donors (Lipinski definition) is 0. The summed E-state index contributed by atoms with van der Waals surface area (Å²) in [6, 6.07) is 6.19. The quantitative estimate of drug-likeness (QED) is 0.753. The lowest BCUT2D eigenvalue weighted by Crippen LogP contribution is -2.34. The van der Waals surface area contributed by atoms with Crippen molar-refractivity contribution in [1.29, 1.82) is 0 Å². The topological polar surface area (TPSA) is 29.5 Å². The van der Waals surface area contributed by atoms with Gasteiger partial charge in [0.15, 0.2) is 0 Å². The van der Waals surface area contributed by atoms with E-state index in [-0.39, 0.29) is 17.8 Å². The van der Waals surface area contributed by atoms with Crippen molar-refractivity contribution < 1.29 is 13.9 Å². The number of nitrogens with zero attached hydrogens (tertiary/aromatic N) is 1.